The number of hydrogen-bond acceptors (Lipinski definition) is 6. The highest BCUT2D eigenvalue weighted by atomic mass is 16.6. The van der Waals surface area contributed by atoms with Crippen LogP contribution in [-0.4, -0.2) is 37.2 Å². The lowest BCUT2D eigenvalue weighted by atomic mass is 10.1. The van der Waals surface area contributed by atoms with Crippen molar-refractivity contribution in [2.75, 3.05) is 13.2 Å². The van der Waals surface area contributed by atoms with Crippen LogP contribution in [0.2, 0.25) is 0 Å². The molecular weight excluding hydrogens is 817 g/mol. The fraction of sp³-hybridized carbons (Fsp3) is 0.683. The monoisotopic (exact) mass is 917 g/mol. The first-order valence-electron chi connectivity index (χ1n) is 27.2. The Morgan fingerprint density at radius 3 is 1.00 bits per heavy atom. The van der Waals surface area contributed by atoms with Gasteiger partial charge in [0.25, 0.3) is 0 Å². The van der Waals surface area contributed by atoms with Gasteiger partial charge in [0, 0.05) is 19.3 Å². The quantitative estimate of drug-likeness (QED) is 0.0262. The second kappa shape index (κ2) is 53.9. The molecule has 0 aromatic carbocycles. The van der Waals surface area contributed by atoms with Gasteiger partial charge >= 0.3 is 17.9 Å². The highest BCUT2D eigenvalue weighted by molar-refractivity contribution is 5.71. The van der Waals surface area contributed by atoms with Crippen molar-refractivity contribution in [2.24, 2.45) is 0 Å². The minimum Gasteiger partial charge on any atom is -0.462 e. The molecule has 0 bridgehead atoms. The maximum atomic E-state index is 12.8. The average Bonchev–Trinajstić information content (AvgIpc) is 3.31. The predicted molar refractivity (Wildman–Crippen MR) is 284 cm³/mol. The van der Waals surface area contributed by atoms with Crippen LogP contribution in [0.25, 0.3) is 0 Å². The molecule has 0 aliphatic rings. The van der Waals surface area contributed by atoms with Crippen molar-refractivity contribution in [1.82, 2.24) is 0 Å². The summed E-state index contributed by atoms with van der Waals surface area (Å²) in [5.41, 5.74) is 0. The summed E-state index contributed by atoms with van der Waals surface area (Å²) in [6.07, 6.45) is 71.2. The van der Waals surface area contributed by atoms with Gasteiger partial charge in [-0.25, -0.2) is 0 Å². The number of hydrogen-bond donors (Lipinski definition) is 0. The van der Waals surface area contributed by atoms with E-state index in [0.29, 0.717) is 19.3 Å². The van der Waals surface area contributed by atoms with Gasteiger partial charge in [-0.2, -0.15) is 0 Å². The highest BCUT2D eigenvalue weighted by Gasteiger charge is 2.19. The van der Waals surface area contributed by atoms with Crippen LogP contribution in [0.5, 0.6) is 0 Å². The number of ether oxygens (including phenoxy) is 3. The minimum atomic E-state index is -0.824. The smallest absolute Gasteiger partial charge is 0.306 e. The zero-order valence-corrected chi connectivity index (χ0v) is 42.9. The summed E-state index contributed by atoms with van der Waals surface area (Å²) in [5.74, 6) is -1.01. The van der Waals surface area contributed by atoms with Crippen molar-refractivity contribution in [3.63, 3.8) is 0 Å². The lowest BCUT2D eigenvalue weighted by Crippen LogP contribution is -2.30. The molecule has 0 saturated heterocycles. The molecule has 0 aromatic heterocycles. The molecule has 0 amide bonds. The molecule has 0 aromatic rings. The number of carbonyl (C=O) groups excluding carboxylic acids is 3. The van der Waals surface area contributed by atoms with E-state index in [-0.39, 0.29) is 31.6 Å². The average molecular weight is 917 g/mol. The standard InChI is InChI=1S/C60H100O6/c1-4-7-10-13-16-19-22-25-28-30-31-33-35-38-41-44-47-50-53-59(62)65-56-57(55-64-58(61)52-49-46-43-40-37-34-27-24-21-18-15-12-9-6-3)66-60(63)54-51-48-45-42-39-36-32-29-26-23-20-17-14-11-8-5-2/h8-9,11-12,17-18,20-21,26,29,31,33,36,39,45,48,57H,4-7,10,13-16,19,22-25,27-28,30,32,34-35,37-38,40-44,46-47,49-56H2,1-3H3/b11-8-,12-9-,20-17-,21-18-,29-26-,33-31-,39-36-,48-45-. The third kappa shape index (κ3) is 51.3. The van der Waals surface area contributed by atoms with Gasteiger partial charge in [-0.15, -0.1) is 0 Å². The summed E-state index contributed by atoms with van der Waals surface area (Å²) >= 11 is 0. The van der Waals surface area contributed by atoms with E-state index < -0.39 is 12.1 Å². The maximum Gasteiger partial charge on any atom is 0.306 e. The van der Waals surface area contributed by atoms with Gasteiger partial charge in [0.15, 0.2) is 6.10 Å². The molecule has 0 radical (unpaired) electrons. The van der Waals surface area contributed by atoms with E-state index in [1.54, 1.807) is 0 Å². The van der Waals surface area contributed by atoms with Crippen molar-refractivity contribution < 1.29 is 28.6 Å². The predicted octanol–water partition coefficient (Wildman–Crippen LogP) is 18.1. The van der Waals surface area contributed by atoms with Gasteiger partial charge in [-0.3, -0.25) is 14.4 Å². The third-order valence-electron chi connectivity index (χ3n) is 11.3. The molecule has 0 aliphatic heterocycles. The minimum absolute atomic E-state index is 0.114. The molecule has 0 saturated carbocycles. The summed E-state index contributed by atoms with van der Waals surface area (Å²) < 4.78 is 16.7. The summed E-state index contributed by atoms with van der Waals surface area (Å²) in [4.78, 5) is 38.0. The SMILES string of the molecule is CC/C=C\C/C=C\C/C=C\C/C=C\C/C=C\CCC(=O)OC(COC(=O)CCCCCCC/C=C\CCCCCCCCCCC)COC(=O)CCCCCCCCC/C=C\C/C=C\CC. The van der Waals surface area contributed by atoms with Gasteiger partial charge in [0.2, 0.25) is 0 Å². The number of rotatable bonds is 48. The Labute approximate surface area is 407 Å². The van der Waals surface area contributed by atoms with E-state index in [2.05, 4.69) is 106 Å². The Hall–Kier alpha value is -3.67. The molecule has 0 aliphatic carbocycles. The number of unbranched alkanes of at least 4 members (excludes halogenated alkanes) is 21. The van der Waals surface area contributed by atoms with Gasteiger partial charge in [-0.05, 0) is 103 Å². The van der Waals surface area contributed by atoms with Crippen molar-refractivity contribution >= 4 is 17.9 Å². The molecule has 0 fully saturated rings. The summed E-state index contributed by atoms with van der Waals surface area (Å²) in [7, 11) is 0. The van der Waals surface area contributed by atoms with Crippen molar-refractivity contribution in [1.29, 1.82) is 0 Å². The molecular formula is C60H100O6. The van der Waals surface area contributed by atoms with E-state index in [9.17, 15) is 14.4 Å². The van der Waals surface area contributed by atoms with Crippen LogP contribution >= 0.6 is 0 Å². The van der Waals surface area contributed by atoms with Crippen LogP contribution in [0.3, 0.4) is 0 Å². The molecule has 0 rings (SSSR count). The first-order chi connectivity index (χ1) is 32.5. The molecule has 6 nitrogen and oxygen atoms in total. The number of esters is 3. The molecule has 6 heteroatoms. The maximum absolute atomic E-state index is 12.8. The van der Waals surface area contributed by atoms with Crippen molar-refractivity contribution in [3.8, 4) is 0 Å². The Morgan fingerprint density at radius 1 is 0.318 bits per heavy atom. The molecule has 0 N–H and O–H groups in total. The lowest BCUT2D eigenvalue weighted by Gasteiger charge is -2.18. The Kier molecular flexibility index (Phi) is 50.9. The van der Waals surface area contributed by atoms with E-state index in [4.69, 9.17) is 14.2 Å². The van der Waals surface area contributed by atoms with E-state index in [1.165, 1.54) is 96.3 Å². The topological polar surface area (TPSA) is 78.9 Å². The van der Waals surface area contributed by atoms with Crippen molar-refractivity contribution in [3.05, 3.63) is 97.2 Å². The van der Waals surface area contributed by atoms with Crippen LogP contribution in [0.4, 0.5) is 0 Å². The summed E-state index contributed by atoms with van der Waals surface area (Å²) in [6, 6.07) is 0. The second-order valence-electron chi connectivity index (χ2n) is 17.7. The normalized spacial score (nSPS) is 12.8. The molecule has 66 heavy (non-hydrogen) atoms. The van der Waals surface area contributed by atoms with E-state index in [1.807, 2.05) is 12.2 Å². The zero-order valence-electron chi connectivity index (χ0n) is 42.9. The van der Waals surface area contributed by atoms with Crippen LogP contribution in [-0.2, 0) is 28.6 Å². The van der Waals surface area contributed by atoms with Crippen LogP contribution in [0, 0.1) is 0 Å². The Bertz CT molecular complexity index is 1330. The summed E-state index contributed by atoms with van der Waals surface area (Å²) in [5, 5.41) is 0. The van der Waals surface area contributed by atoms with E-state index >= 15 is 0 Å². The molecule has 1 unspecified atom stereocenters. The van der Waals surface area contributed by atoms with Gasteiger partial charge in [0.05, 0.1) is 0 Å². The number of carbonyl (C=O) groups is 3. The van der Waals surface area contributed by atoms with Gasteiger partial charge < -0.3 is 14.2 Å². The molecule has 1 atom stereocenters. The van der Waals surface area contributed by atoms with Crippen LogP contribution in [0.1, 0.15) is 245 Å². The van der Waals surface area contributed by atoms with Crippen LogP contribution < -0.4 is 0 Å². The first kappa shape index (κ1) is 62.3. The van der Waals surface area contributed by atoms with Crippen molar-refractivity contribution in [2.45, 2.75) is 252 Å². The molecule has 0 heterocycles. The second-order valence-corrected chi connectivity index (χ2v) is 17.7. The Balaban J connectivity index is 4.50. The Morgan fingerprint density at radius 2 is 0.621 bits per heavy atom. The van der Waals surface area contributed by atoms with Gasteiger partial charge in [0.1, 0.15) is 13.2 Å². The molecule has 376 valence electrons. The molecule has 0 spiro atoms. The lowest BCUT2D eigenvalue weighted by molar-refractivity contribution is -0.166. The first-order valence-corrected chi connectivity index (χ1v) is 27.2. The number of allylic oxidation sites excluding steroid dienone is 16. The van der Waals surface area contributed by atoms with Gasteiger partial charge in [-0.1, -0.05) is 221 Å². The fourth-order valence-corrected chi connectivity index (χ4v) is 7.29. The fourth-order valence-electron chi connectivity index (χ4n) is 7.29. The largest absolute Gasteiger partial charge is 0.462 e. The zero-order chi connectivity index (χ0) is 47.9. The third-order valence-corrected chi connectivity index (χ3v) is 11.3. The van der Waals surface area contributed by atoms with E-state index in [0.717, 1.165) is 103 Å². The highest BCUT2D eigenvalue weighted by Crippen LogP contribution is 2.14. The summed E-state index contributed by atoms with van der Waals surface area (Å²) in [6.45, 7) is 6.34. The van der Waals surface area contributed by atoms with Crippen LogP contribution in [0.15, 0.2) is 97.2 Å².